The third-order valence-electron chi connectivity index (χ3n) is 4.00. The van der Waals surface area contributed by atoms with Gasteiger partial charge < -0.3 is 9.47 Å². The van der Waals surface area contributed by atoms with Gasteiger partial charge in [0.1, 0.15) is 5.41 Å². The predicted octanol–water partition coefficient (Wildman–Crippen LogP) is 1.77. The third kappa shape index (κ3) is 1.27. The molecule has 0 unspecified atom stereocenters. The lowest BCUT2D eigenvalue weighted by molar-refractivity contribution is -0.201. The van der Waals surface area contributed by atoms with Crippen LogP contribution in [0.3, 0.4) is 0 Å². The number of ether oxygens (including phenoxy) is 2. The number of halogens is 2. The zero-order valence-corrected chi connectivity index (χ0v) is 9.58. The third-order valence-corrected chi connectivity index (χ3v) is 4.00. The zero-order chi connectivity index (χ0) is 12.8. The lowest BCUT2D eigenvalue weighted by Crippen LogP contribution is -2.66. The molecule has 0 aromatic heterocycles. The molecule has 0 amide bonds. The fourth-order valence-electron chi connectivity index (χ4n) is 2.57. The van der Waals surface area contributed by atoms with Gasteiger partial charge in [0.05, 0.1) is 37.9 Å². The molecular weight excluding hydrogens is 240 g/mol. The van der Waals surface area contributed by atoms with Gasteiger partial charge in [-0.15, -0.1) is 0 Å². The molecule has 0 bridgehead atoms. The first-order chi connectivity index (χ1) is 8.63. The maximum Gasteiger partial charge on any atom is 0.159 e. The predicted molar refractivity (Wildman–Crippen MR) is 57.7 cm³/mol. The van der Waals surface area contributed by atoms with Crippen molar-refractivity contribution in [3.05, 3.63) is 35.4 Å². The quantitative estimate of drug-likeness (QED) is 0.804. The molecule has 2 saturated heterocycles. The van der Waals surface area contributed by atoms with Crippen molar-refractivity contribution in [3.8, 4) is 6.07 Å². The van der Waals surface area contributed by atoms with Crippen LogP contribution in [0, 0.1) is 28.4 Å². The second-order valence-electron chi connectivity index (χ2n) is 4.89. The van der Waals surface area contributed by atoms with E-state index in [2.05, 4.69) is 6.07 Å². The molecule has 18 heavy (non-hydrogen) atoms. The zero-order valence-electron chi connectivity index (χ0n) is 9.58. The van der Waals surface area contributed by atoms with Crippen molar-refractivity contribution in [1.82, 2.24) is 0 Å². The Bertz CT molecular complexity index is 530. The van der Waals surface area contributed by atoms with Crippen LogP contribution in [0.15, 0.2) is 18.2 Å². The Kier molecular flexibility index (Phi) is 2.40. The molecule has 0 saturated carbocycles. The fourth-order valence-corrected chi connectivity index (χ4v) is 2.57. The monoisotopic (exact) mass is 251 g/mol. The number of hydrogen-bond acceptors (Lipinski definition) is 3. The molecule has 5 heteroatoms. The van der Waals surface area contributed by atoms with Gasteiger partial charge in [0.25, 0.3) is 0 Å². The van der Waals surface area contributed by atoms with Crippen LogP contribution in [0.25, 0.3) is 0 Å². The van der Waals surface area contributed by atoms with Crippen molar-refractivity contribution in [3.63, 3.8) is 0 Å². The molecular formula is C13H11F2NO2. The first kappa shape index (κ1) is 11.6. The molecule has 2 heterocycles. The van der Waals surface area contributed by atoms with Crippen LogP contribution in [0.4, 0.5) is 8.78 Å². The van der Waals surface area contributed by atoms with E-state index >= 15 is 0 Å². The summed E-state index contributed by atoms with van der Waals surface area (Å²) < 4.78 is 36.7. The summed E-state index contributed by atoms with van der Waals surface area (Å²) in [7, 11) is 0. The highest BCUT2D eigenvalue weighted by atomic mass is 19.2. The van der Waals surface area contributed by atoms with E-state index in [1.807, 2.05) is 0 Å². The number of benzene rings is 1. The van der Waals surface area contributed by atoms with E-state index in [1.165, 1.54) is 6.07 Å². The maximum atomic E-state index is 13.4. The standard InChI is InChI=1S/C13H11F2NO2/c14-10-2-1-9(3-11(10)15)13(7-18-8-13)12(4-16)5-17-6-12/h1-3H,5-8H2. The first-order valence-electron chi connectivity index (χ1n) is 5.66. The fraction of sp³-hybridized carbons (Fsp3) is 0.462. The van der Waals surface area contributed by atoms with E-state index in [4.69, 9.17) is 9.47 Å². The highest BCUT2D eigenvalue weighted by Gasteiger charge is 2.62. The number of nitrogens with zero attached hydrogens (tertiary/aromatic N) is 1. The molecule has 2 aliphatic heterocycles. The van der Waals surface area contributed by atoms with Gasteiger partial charge in [-0.25, -0.2) is 8.78 Å². The molecule has 1 aromatic carbocycles. The lowest BCUT2D eigenvalue weighted by Gasteiger charge is -2.55. The Hall–Kier alpha value is -1.51. The second-order valence-corrected chi connectivity index (χ2v) is 4.89. The van der Waals surface area contributed by atoms with Crippen LogP contribution >= 0.6 is 0 Å². The van der Waals surface area contributed by atoms with Gasteiger partial charge in [0.2, 0.25) is 0 Å². The summed E-state index contributed by atoms with van der Waals surface area (Å²) >= 11 is 0. The summed E-state index contributed by atoms with van der Waals surface area (Å²) in [6.45, 7) is 1.31. The molecule has 0 N–H and O–H groups in total. The largest absolute Gasteiger partial charge is 0.379 e. The van der Waals surface area contributed by atoms with Crippen molar-refractivity contribution >= 4 is 0 Å². The van der Waals surface area contributed by atoms with Crippen molar-refractivity contribution in [2.75, 3.05) is 26.4 Å². The van der Waals surface area contributed by atoms with Gasteiger partial charge in [-0.1, -0.05) is 6.07 Å². The lowest BCUT2D eigenvalue weighted by atomic mass is 9.58. The molecule has 0 spiro atoms. The van der Waals surface area contributed by atoms with Gasteiger partial charge in [-0.2, -0.15) is 5.26 Å². The summed E-state index contributed by atoms with van der Waals surface area (Å²) in [6, 6.07) is 6.05. The van der Waals surface area contributed by atoms with Gasteiger partial charge in [0, 0.05) is 0 Å². The molecule has 3 nitrogen and oxygen atoms in total. The SMILES string of the molecule is N#CC1(C2(c3ccc(F)c(F)c3)COC2)COC1. The van der Waals surface area contributed by atoms with Crippen molar-refractivity contribution in [2.24, 2.45) is 5.41 Å². The molecule has 2 fully saturated rings. The average molecular weight is 251 g/mol. The summed E-state index contributed by atoms with van der Waals surface area (Å²) in [5.74, 6) is -1.78. The molecule has 2 aliphatic rings. The number of nitriles is 1. The van der Waals surface area contributed by atoms with Gasteiger partial charge >= 0.3 is 0 Å². The summed E-state index contributed by atoms with van der Waals surface area (Å²) in [4.78, 5) is 0. The van der Waals surface area contributed by atoms with E-state index in [-0.39, 0.29) is 0 Å². The molecule has 94 valence electrons. The number of hydrogen-bond donors (Lipinski definition) is 0. The minimum atomic E-state index is -0.896. The first-order valence-corrected chi connectivity index (χ1v) is 5.66. The second kappa shape index (κ2) is 3.74. The van der Waals surface area contributed by atoms with Crippen LogP contribution in [-0.2, 0) is 14.9 Å². The van der Waals surface area contributed by atoms with Crippen molar-refractivity contribution in [2.45, 2.75) is 5.41 Å². The topological polar surface area (TPSA) is 42.2 Å². The highest BCUT2D eigenvalue weighted by Crippen LogP contribution is 2.51. The highest BCUT2D eigenvalue weighted by molar-refractivity contribution is 5.37. The van der Waals surface area contributed by atoms with Crippen LogP contribution < -0.4 is 0 Å². The average Bonchev–Trinajstić information content (AvgIpc) is 2.25. The van der Waals surface area contributed by atoms with Crippen molar-refractivity contribution < 1.29 is 18.3 Å². The van der Waals surface area contributed by atoms with E-state index in [0.29, 0.717) is 32.0 Å². The summed E-state index contributed by atoms with van der Waals surface area (Å²) in [6.07, 6.45) is 0. The molecule has 0 radical (unpaired) electrons. The Morgan fingerprint density at radius 2 is 1.72 bits per heavy atom. The molecule has 3 rings (SSSR count). The van der Waals surface area contributed by atoms with E-state index in [0.717, 1.165) is 12.1 Å². The van der Waals surface area contributed by atoms with E-state index in [1.54, 1.807) is 0 Å². The molecule has 0 aliphatic carbocycles. The Morgan fingerprint density at radius 3 is 2.11 bits per heavy atom. The van der Waals surface area contributed by atoms with Crippen LogP contribution in [-0.4, -0.2) is 26.4 Å². The normalized spacial score (nSPS) is 23.6. The summed E-state index contributed by atoms with van der Waals surface area (Å²) in [5.41, 5.74) is -0.651. The maximum absolute atomic E-state index is 13.4. The minimum absolute atomic E-state index is 0.311. The van der Waals surface area contributed by atoms with Crippen LogP contribution in [0.1, 0.15) is 5.56 Å². The van der Waals surface area contributed by atoms with E-state index < -0.39 is 22.5 Å². The van der Waals surface area contributed by atoms with Gasteiger partial charge in [-0.3, -0.25) is 0 Å². The van der Waals surface area contributed by atoms with Gasteiger partial charge in [-0.05, 0) is 17.7 Å². The van der Waals surface area contributed by atoms with Crippen molar-refractivity contribution in [1.29, 1.82) is 5.26 Å². The smallest absolute Gasteiger partial charge is 0.159 e. The molecule has 0 atom stereocenters. The van der Waals surface area contributed by atoms with Crippen LogP contribution in [0.5, 0.6) is 0 Å². The summed E-state index contributed by atoms with van der Waals surface area (Å²) in [5, 5.41) is 9.37. The van der Waals surface area contributed by atoms with Gasteiger partial charge in [0.15, 0.2) is 11.6 Å². The number of rotatable bonds is 2. The van der Waals surface area contributed by atoms with Crippen LogP contribution in [0.2, 0.25) is 0 Å². The Morgan fingerprint density at radius 1 is 1.06 bits per heavy atom. The Labute approximate surface area is 103 Å². The molecule has 1 aromatic rings. The Balaban J connectivity index is 2.06. The van der Waals surface area contributed by atoms with E-state index in [9.17, 15) is 14.0 Å². The minimum Gasteiger partial charge on any atom is -0.379 e.